The smallest absolute Gasteiger partial charge is 0.407 e. The molecule has 5 rings (SSSR count). The van der Waals surface area contributed by atoms with Crippen molar-refractivity contribution >= 4 is 35.9 Å². The zero-order valence-corrected chi connectivity index (χ0v) is 42.1. The summed E-state index contributed by atoms with van der Waals surface area (Å²) in [5.74, 6) is -0.282. The second-order valence-corrected chi connectivity index (χ2v) is 18.6. The first-order chi connectivity index (χ1) is 35.9. The van der Waals surface area contributed by atoms with Gasteiger partial charge in [0.25, 0.3) is 5.91 Å². The number of carbonyl (C=O) groups is 5. The van der Waals surface area contributed by atoms with Crippen LogP contribution in [0, 0.1) is 34.3 Å². The standard InChI is InChI=1S/C48H53F10N11O8/c1-45(2,47(53,54)55)37(63-44(75)76-7)39(72)62-34(18-27-11-8-26(9-12-27)10-13-28-21-60-42(61-22-28)67-17-16-66(6)36(71)25-67)35(70)24-68(65-40(73)38(77-43(74)59-5)46(3,4)48(56,57)58)23-30-31(49)19-29(20-32(30)50)33-14-15-69(64-33)41(51)52/h8-9,11-12,14-15,19-22,34-35,37-38,41,70H,16-18,23-25H2,1-7H3,(H,59,74)(H,62,72)(H,63,75)(H,65,73)/t34-,35-,37+,38+/m0/s1. The molecule has 77 heavy (non-hydrogen) atoms. The first-order valence-electron chi connectivity index (χ1n) is 23.0. The summed E-state index contributed by atoms with van der Waals surface area (Å²) in [4.78, 5) is 76.6. The number of carbonyl (C=O) groups excluding carboxylic acids is 5. The number of hydrogen-bond acceptors (Lipinski definition) is 13. The highest BCUT2D eigenvalue weighted by Gasteiger charge is 2.58. The Bertz CT molecular complexity index is 2800. The maximum atomic E-state index is 16.0. The van der Waals surface area contributed by atoms with Crippen molar-refractivity contribution in [2.75, 3.05) is 52.3 Å². The molecule has 0 spiro atoms. The molecule has 4 aromatic rings. The number of alkyl halides is 8. The number of likely N-dealkylation sites (N-methyl/N-ethyl adjacent to an activating group) is 1. The fourth-order valence-electron chi connectivity index (χ4n) is 7.32. The average Bonchev–Trinajstić information content (AvgIpc) is 3.87. The highest BCUT2D eigenvalue weighted by molar-refractivity contribution is 5.87. The number of amides is 5. The van der Waals surface area contributed by atoms with Crippen molar-refractivity contribution in [3.8, 4) is 23.1 Å². The summed E-state index contributed by atoms with van der Waals surface area (Å²) in [5.41, 5.74) is -4.96. The van der Waals surface area contributed by atoms with E-state index in [0.29, 0.717) is 75.0 Å². The molecule has 2 aromatic carbocycles. The third-order valence-corrected chi connectivity index (χ3v) is 12.4. The number of hydrogen-bond donors (Lipinski definition) is 5. The van der Waals surface area contributed by atoms with Gasteiger partial charge in [0.15, 0.2) is 6.10 Å². The number of hydrazine groups is 1. The number of piperazine rings is 1. The second kappa shape index (κ2) is 24.5. The number of rotatable bonds is 18. The van der Waals surface area contributed by atoms with Crippen molar-refractivity contribution in [3.05, 3.63) is 94.9 Å². The van der Waals surface area contributed by atoms with Crippen molar-refractivity contribution < 1.29 is 82.5 Å². The van der Waals surface area contributed by atoms with Crippen molar-refractivity contribution in [3.63, 3.8) is 0 Å². The zero-order chi connectivity index (χ0) is 57.4. The number of halogens is 10. The van der Waals surface area contributed by atoms with Crippen LogP contribution in [0.15, 0.2) is 61.1 Å². The van der Waals surface area contributed by atoms with Crippen LogP contribution >= 0.6 is 0 Å². The molecular formula is C48H53F10N11O8. The normalized spacial score (nSPS) is 15.0. The van der Waals surface area contributed by atoms with Gasteiger partial charge in [-0.15, -0.1) is 0 Å². The third-order valence-electron chi connectivity index (χ3n) is 12.4. The van der Waals surface area contributed by atoms with Crippen molar-refractivity contribution in [2.45, 2.75) is 83.9 Å². The summed E-state index contributed by atoms with van der Waals surface area (Å²) >= 11 is 0. The minimum absolute atomic E-state index is 0.0834. The first kappa shape index (κ1) is 60.1. The lowest BCUT2D eigenvalue weighted by Gasteiger charge is -2.37. The fraction of sp³-hybridized carbons (Fsp3) is 0.458. The highest BCUT2D eigenvalue weighted by atomic mass is 19.4. The zero-order valence-electron chi connectivity index (χ0n) is 42.1. The maximum Gasteiger partial charge on any atom is 0.407 e. The van der Waals surface area contributed by atoms with E-state index in [0.717, 1.165) is 26.4 Å². The molecule has 3 heterocycles. The molecule has 19 nitrogen and oxygen atoms in total. The van der Waals surface area contributed by atoms with E-state index in [1.807, 2.05) is 16.1 Å². The number of aliphatic hydroxyl groups is 1. The quantitative estimate of drug-likeness (QED) is 0.0489. The molecule has 0 saturated carbocycles. The van der Waals surface area contributed by atoms with Crippen LogP contribution in [0.1, 0.15) is 56.5 Å². The second-order valence-electron chi connectivity index (χ2n) is 18.6. The molecule has 1 saturated heterocycles. The number of nitrogens with zero attached hydrogens (tertiary/aromatic N) is 7. The summed E-state index contributed by atoms with van der Waals surface area (Å²) in [6.07, 6.45) is -15.3. The van der Waals surface area contributed by atoms with Crippen molar-refractivity contribution in [2.24, 2.45) is 10.8 Å². The first-order valence-corrected chi connectivity index (χ1v) is 23.0. The minimum atomic E-state index is -5.28. The van der Waals surface area contributed by atoms with Gasteiger partial charge in [0.05, 0.1) is 42.5 Å². The SMILES string of the molecule is CNC(=O)O[C@H](C(=O)NN(Cc1c(F)cc(-c2ccn(C(F)F)n2)cc1F)C[C@H](O)[C@H](Cc1ccc(C#Cc2cnc(N3CCN(C)C(=O)C3)nc2)cc1)NC(=O)[C@@H](NC(=O)OC)C(C)(C)C(F)(F)F)C(C)(C)C(F)(F)F. The summed E-state index contributed by atoms with van der Waals surface area (Å²) in [7, 11) is 3.44. The van der Waals surface area contributed by atoms with Gasteiger partial charge in [-0.3, -0.25) is 19.8 Å². The Morgan fingerprint density at radius 2 is 1.44 bits per heavy atom. The predicted molar refractivity (Wildman–Crippen MR) is 252 cm³/mol. The Morgan fingerprint density at radius 1 is 0.844 bits per heavy atom. The molecule has 29 heteroatoms. The van der Waals surface area contributed by atoms with Crippen LogP contribution in [0.2, 0.25) is 0 Å². The lowest BCUT2D eigenvalue weighted by molar-refractivity contribution is -0.239. The molecule has 0 unspecified atom stereocenters. The third kappa shape index (κ3) is 15.0. The van der Waals surface area contributed by atoms with E-state index in [1.165, 1.54) is 36.7 Å². The van der Waals surface area contributed by atoms with Crippen LogP contribution in [0.4, 0.5) is 59.4 Å². The van der Waals surface area contributed by atoms with Crippen molar-refractivity contribution in [1.82, 2.24) is 51.0 Å². The van der Waals surface area contributed by atoms with Crippen LogP contribution in [0.5, 0.6) is 0 Å². The van der Waals surface area contributed by atoms with Gasteiger partial charge in [-0.2, -0.15) is 40.2 Å². The van der Waals surface area contributed by atoms with Gasteiger partial charge in [0, 0.05) is 75.6 Å². The van der Waals surface area contributed by atoms with Gasteiger partial charge < -0.3 is 40.3 Å². The molecule has 1 aliphatic rings. The van der Waals surface area contributed by atoms with E-state index >= 15 is 8.78 Å². The van der Waals surface area contributed by atoms with Gasteiger partial charge in [0.2, 0.25) is 17.8 Å². The van der Waals surface area contributed by atoms with Crippen LogP contribution < -0.4 is 26.3 Å². The van der Waals surface area contributed by atoms with Gasteiger partial charge >= 0.3 is 31.1 Å². The summed E-state index contributed by atoms with van der Waals surface area (Å²) in [6, 6.07) is 3.82. The lowest BCUT2D eigenvalue weighted by atomic mass is 9.82. The molecule has 418 valence electrons. The van der Waals surface area contributed by atoms with E-state index in [9.17, 15) is 64.2 Å². The van der Waals surface area contributed by atoms with Crippen molar-refractivity contribution in [1.29, 1.82) is 0 Å². The number of alkyl carbamates (subject to hydrolysis) is 2. The monoisotopic (exact) mass is 1100 g/mol. The highest BCUT2D eigenvalue weighted by Crippen LogP contribution is 2.42. The van der Waals surface area contributed by atoms with Crippen LogP contribution in [-0.4, -0.2) is 149 Å². The number of ether oxygens (including phenoxy) is 2. The summed E-state index contributed by atoms with van der Waals surface area (Å²) in [5, 5.41) is 22.0. The van der Waals surface area contributed by atoms with E-state index in [4.69, 9.17) is 4.74 Å². The van der Waals surface area contributed by atoms with E-state index in [2.05, 4.69) is 37.0 Å². The number of benzene rings is 2. The Balaban J connectivity index is 1.53. The maximum absolute atomic E-state index is 16.0. The largest absolute Gasteiger partial charge is 0.453 e. The molecule has 1 aliphatic heterocycles. The Kier molecular flexibility index (Phi) is 19.1. The molecular weight excluding hydrogens is 1050 g/mol. The minimum Gasteiger partial charge on any atom is -0.453 e. The number of aromatic nitrogens is 4. The number of aliphatic hydroxyl groups excluding tert-OH is 1. The Morgan fingerprint density at radius 3 is 1.97 bits per heavy atom. The number of anilines is 1. The molecule has 5 amide bonds. The topological polar surface area (TPSA) is 225 Å². The van der Waals surface area contributed by atoms with Crippen LogP contribution in [-0.2, 0) is 36.8 Å². The Hall–Kier alpha value is -7.74. The van der Waals surface area contributed by atoms with E-state index in [-0.39, 0.29) is 34.0 Å². The summed E-state index contributed by atoms with van der Waals surface area (Å²) in [6.45, 7) is -2.28. The molecule has 5 N–H and O–H groups in total. The molecule has 1 fully saturated rings. The Labute approximate surface area is 433 Å². The molecule has 0 radical (unpaired) electrons. The van der Waals surface area contributed by atoms with Crippen LogP contribution in [0.3, 0.4) is 0 Å². The fourth-order valence-corrected chi connectivity index (χ4v) is 7.32. The van der Waals surface area contributed by atoms with Gasteiger partial charge in [-0.25, -0.2) is 38.0 Å². The molecule has 0 aliphatic carbocycles. The van der Waals surface area contributed by atoms with E-state index in [1.54, 1.807) is 16.8 Å². The predicted octanol–water partition coefficient (Wildman–Crippen LogP) is 5.24. The number of methoxy groups -OCH3 is 1. The van der Waals surface area contributed by atoms with Gasteiger partial charge in [-0.1, -0.05) is 24.0 Å². The number of nitrogens with one attached hydrogen (secondary N) is 4. The average molecular weight is 1100 g/mol. The summed E-state index contributed by atoms with van der Waals surface area (Å²) < 4.78 is 155. The molecule has 0 bridgehead atoms. The molecule has 4 atom stereocenters. The van der Waals surface area contributed by atoms with Gasteiger partial charge in [-0.05, 0) is 70.0 Å². The van der Waals surface area contributed by atoms with E-state index < -0.39 is 115 Å². The van der Waals surface area contributed by atoms with Gasteiger partial charge in [0.1, 0.15) is 23.1 Å². The molecule has 2 aromatic heterocycles. The van der Waals surface area contributed by atoms with Crippen LogP contribution in [0.25, 0.3) is 11.3 Å². The lowest BCUT2D eigenvalue weighted by Crippen LogP contribution is -2.62.